The van der Waals surface area contributed by atoms with Gasteiger partial charge >= 0.3 is 0 Å². The lowest BCUT2D eigenvalue weighted by Gasteiger charge is -2.17. The number of carbonyl (C=O) groups is 1. The quantitative estimate of drug-likeness (QED) is 0.720. The van der Waals surface area contributed by atoms with Crippen LogP contribution < -0.4 is 5.46 Å². The Bertz CT molecular complexity index is 550. The fraction of sp³-hybridized carbons (Fsp3) is 0.562. The Hall–Kier alpha value is -1.32. The third kappa shape index (κ3) is 2.15. The fourth-order valence-electron chi connectivity index (χ4n) is 3.46. The van der Waals surface area contributed by atoms with Crippen molar-refractivity contribution in [2.75, 3.05) is 13.1 Å². The maximum atomic E-state index is 14.2. The molecule has 0 aliphatic carbocycles. The molecule has 2 atom stereocenters. The van der Waals surface area contributed by atoms with Crippen LogP contribution in [0.15, 0.2) is 12.1 Å². The van der Waals surface area contributed by atoms with Gasteiger partial charge in [-0.1, -0.05) is 44.1 Å². The minimum atomic E-state index is -0.352. The van der Waals surface area contributed by atoms with Gasteiger partial charge < -0.3 is 4.90 Å². The van der Waals surface area contributed by atoms with Crippen molar-refractivity contribution < 1.29 is 9.18 Å². The standard InChI is InChI=1S/C16H21BFNO/c1-10-8-19(9-11(10)2)16(20)13-7-14-12(6-15(13)18)4-5-17(14)3/h6-7,10-11H,4-5,8-9H2,1-3H3. The number of nitrogens with zero attached hydrogens (tertiary/aromatic N) is 1. The van der Waals surface area contributed by atoms with E-state index in [-0.39, 0.29) is 17.3 Å². The predicted octanol–water partition coefficient (Wildman–Crippen LogP) is 2.44. The number of fused-ring (bicyclic) bond motifs is 1. The van der Waals surface area contributed by atoms with E-state index in [1.807, 2.05) is 0 Å². The van der Waals surface area contributed by atoms with Crippen molar-refractivity contribution in [3.8, 4) is 0 Å². The molecular weight excluding hydrogens is 252 g/mol. The minimum Gasteiger partial charge on any atom is -0.338 e. The van der Waals surface area contributed by atoms with Crippen LogP contribution in [0.4, 0.5) is 4.39 Å². The summed E-state index contributed by atoms with van der Waals surface area (Å²) in [7, 11) is 0. The van der Waals surface area contributed by atoms with E-state index in [1.165, 1.54) is 0 Å². The third-order valence-corrected chi connectivity index (χ3v) is 5.11. The van der Waals surface area contributed by atoms with E-state index < -0.39 is 0 Å². The topological polar surface area (TPSA) is 20.3 Å². The lowest BCUT2D eigenvalue weighted by molar-refractivity contribution is 0.0780. The Morgan fingerprint density at radius 2 is 1.95 bits per heavy atom. The van der Waals surface area contributed by atoms with Crippen LogP contribution in [0, 0.1) is 17.7 Å². The van der Waals surface area contributed by atoms with Gasteiger partial charge in [-0.25, -0.2) is 4.39 Å². The molecule has 1 aromatic carbocycles. The van der Waals surface area contributed by atoms with Crippen LogP contribution in [-0.2, 0) is 6.42 Å². The van der Waals surface area contributed by atoms with Crippen molar-refractivity contribution in [3.05, 3.63) is 29.1 Å². The van der Waals surface area contributed by atoms with Crippen LogP contribution in [0.3, 0.4) is 0 Å². The van der Waals surface area contributed by atoms with Gasteiger partial charge in [-0.15, -0.1) is 0 Å². The first-order valence-electron chi connectivity index (χ1n) is 7.59. The summed E-state index contributed by atoms with van der Waals surface area (Å²) in [5.74, 6) is 0.501. The third-order valence-electron chi connectivity index (χ3n) is 5.11. The summed E-state index contributed by atoms with van der Waals surface area (Å²) in [5, 5.41) is 0. The number of hydrogen-bond acceptors (Lipinski definition) is 1. The second kappa shape index (κ2) is 4.90. The largest absolute Gasteiger partial charge is 0.338 e. The minimum absolute atomic E-state index is 0.138. The average molecular weight is 273 g/mol. The molecule has 2 aliphatic heterocycles. The molecule has 2 nitrogen and oxygen atoms in total. The molecule has 0 radical (unpaired) electrons. The number of rotatable bonds is 1. The number of halogens is 1. The van der Waals surface area contributed by atoms with Gasteiger partial charge in [-0.05, 0) is 24.3 Å². The highest BCUT2D eigenvalue weighted by molar-refractivity contribution is 6.73. The Kier molecular flexibility index (Phi) is 3.35. The Balaban J connectivity index is 1.91. The molecule has 0 spiro atoms. The second-order valence-corrected chi connectivity index (χ2v) is 6.64. The van der Waals surface area contributed by atoms with E-state index >= 15 is 0 Å². The molecule has 0 bridgehead atoms. The van der Waals surface area contributed by atoms with Crippen LogP contribution in [-0.4, -0.2) is 30.6 Å². The summed E-state index contributed by atoms with van der Waals surface area (Å²) in [6.45, 7) is 8.38. The number of likely N-dealkylation sites (tertiary alicyclic amines) is 1. The first-order valence-corrected chi connectivity index (χ1v) is 7.59. The van der Waals surface area contributed by atoms with Gasteiger partial charge in [0, 0.05) is 13.1 Å². The second-order valence-electron chi connectivity index (χ2n) is 6.64. The number of carbonyl (C=O) groups excluding carboxylic acids is 1. The Morgan fingerprint density at radius 3 is 2.60 bits per heavy atom. The number of amides is 1. The fourth-order valence-corrected chi connectivity index (χ4v) is 3.46. The summed E-state index contributed by atoms with van der Waals surface area (Å²) in [5.41, 5.74) is 2.50. The molecule has 106 valence electrons. The van der Waals surface area contributed by atoms with Gasteiger partial charge in [0.25, 0.3) is 5.91 Å². The highest BCUT2D eigenvalue weighted by Crippen LogP contribution is 2.25. The van der Waals surface area contributed by atoms with Gasteiger partial charge in [-0.3, -0.25) is 4.79 Å². The van der Waals surface area contributed by atoms with Crippen LogP contribution in [0.2, 0.25) is 13.1 Å². The highest BCUT2D eigenvalue weighted by atomic mass is 19.1. The number of benzene rings is 1. The van der Waals surface area contributed by atoms with Gasteiger partial charge in [0.05, 0.1) is 5.56 Å². The molecule has 0 N–H and O–H groups in total. The van der Waals surface area contributed by atoms with Crippen molar-refractivity contribution in [3.63, 3.8) is 0 Å². The maximum Gasteiger partial charge on any atom is 0.256 e. The molecule has 2 aliphatic rings. The molecule has 4 heteroatoms. The Morgan fingerprint density at radius 1 is 1.30 bits per heavy atom. The predicted molar refractivity (Wildman–Crippen MR) is 80.4 cm³/mol. The molecule has 20 heavy (non-hydrogen) atoms. The van der Waals surface area contributed by atoms with Gasteiger partial charge in [0.15, 0.2) is 6.71 Å². The zero-order valence-electron chi connectivity index (χ0n) is 12.4. The molecule has 1 fully saturated rings. The maximum absolute atomic E-state index is 14.2. The first kappa shape index (κ1) is 13.7. The van der Waals surface area contributed by atoms with Crippen molar-refractivity contribution >= 4 is 18.1 Å². The summed E-state index contributed by atoms with van der Waals surface area (Å²) in [6, 6.07) is 3.38. The average Bonchev–Trinajstić information content (AvgIpc) is 2.92. The summed E-state index contributed by atoms with van der Waals surface area (Å²) in [4.78, 5) is 14.4. The lowest BCUT2D eigenvalue weighted by Crippen LogP contribution is -2.32. The molecule has 2 heterocycles. The molecule has 2 unspecified atom stereocenters. The molecule has 1 amide bonds. The van der Waals surface area contributed by atoms with Crippen molar-refractivity contribution in [1.29, 1.82) is 0 Å². The molecule has 0 saturated carbocycles. The van der Waals surface area contributed by atoms with Crippen LogP contribution in [0.5, 0.6) is 0 Å². The smallest absolute Gasteiger partial charge is 0.256 e. The normalized spacial score (nSPS) is 25.2. The van der Waals surface area contributed by atoms with Crippen molar-refractivity contribution in [1.82, 2.24) is 4.90 Å². The molecule has 1 aromatic rings. The summed E-state index contributed by atoms with van der Waals surface area (Å²) >= 11 is 0. The lowest BCUT2D eigenvalue weighted by atomic mass is 9.48. The van der Waals surface area contributed by atoms with E-state index in [2.05, 4.69) is 20.7 Å². The van der Waals surface area contributed by atoms with Crippen LogP contribution >= 0.6 is 0 Å². The summed E-state index contributed by atoms with van der Waals surface area (Å²) < 4.78 is 14.2. The number of hydrogen-bond donors (Lipinski definition) is 0. The van der Waals surface area contributed by atoms with E-state index in [0.29, 0.717) is 18.5 Å². The van der Waals surface area contributed by atoms with Crippen molar-refractivity contribution in [2.45, 2.75) is 33.4 Å². The molecule has 0 aromatic heterocycles. The van der Waals surface area contributed by atoms with E-state index in [1.54, 1.807) is 17.0 Å². The van der Waals surface area contributed by atoms with Gasteiger partial charge in [0.2, 0.25) is 0 Å². The molecular formula is C16H21BFNO. The van der Waals surface area contributed by atoms with E-state index in [9.17, 15) is 9.18 Å². The highest BCUT2D eigenvalue weighted by Gasteiger charge is 2.32. The van der Waals surface area contributed by atoms with Crippen LogP contribution in [0.1, 0.15) is 29.8 Å². The zero-order valence-corrected chi connectivity index (χ0v) is 12.4. The summed E-state index contributed by atoms with van der Waals surface area (Å²) in [6.07, 6.45) is 1.99. The van der Waals surface area contributed by atoms with Crippen molar-refractivity contribution in [2.24, 2.45) is 11.8 Å². The zero-order chi connectivity index (χ0) is 14.4. The molecule has 1 saturated heterocycles. The van der Waals surface area contributed by atoms with Gasteiger partial charge in [0.1, 0.15) is 5.82 Å². The number of aryl methyl sites for hydroxylation is 1. The van der Waals surface area contributed by atoms with Gasteiger partial charge in [-0.2, -0.15) is 0 Å². The van der Waals surface area contributed by atoms with Crippen LogP contribution in [0.25, 0.3) is 0 Å². The Labute approximate surface area is 120 Å². The monoisotopic (exact) mass is 273 g/mol. The molecule has 3 rings (SSSR count). The first-order chi connectivity index (χ1) is 9.47. The van der Waals surface area contributed by atoms with E-state index in [4.69, 9.17) is 0 Å². The van der Waals surface area contributed by atoms with E-state index in [0.717, 1.165) is 36.9 Å². The SMILES string of the molecule is CB1CCc2cc(F)c(C(=O)N3CC(C)C(C)C3)cc21.